The van der Waals surface area contributed by atoms with Crippen LogP contribution >= 0.6 is 0 Å². The van der Waals surface area contributed by atoms with Crippen LogP contribution < -0.4 is 5.32 Å². The summed E-state index contributed by atoms with van der Waals surface area (Å²) in [6.07, 6.45) is 0. The largest absolute Gasteiger partial charge is 0.349 e. The van der Waals surface area contributed by atoms with Gasteiger partial charge in [-0.1, -0.05) is 39.0 Å². The van der Waals surface area contributed by atoms with Gasteiger partial charge < -0.3 is 15.5 Å². The second kappa shape index (κ2) is 3.59. The fourth-order valence-electron chi connectivity index (χ4n) is 0.910. The van der Waals surface area contributed by atoms with Crippen LogP contribution in [0.1, 0.15) is 20.8 Å². The van der Waals surface area contributed by atoms with Gasteiger partial charge in [-0.25, -0.2) is 0 Å². The van der Waals surface area contributed by atoms with E-state index in [1.54, 1.807) is 32.9 Å². The zero-order valence-corrected chi connectivity index (χ0v) is 8.78. The summed E-state index contributed by atoms with van der Waals surface area (Å²) in [6, 6.07) is 9.11. The Bertz CT molecular complexity index is 288. The van der Waals surface area contributed by atoms with E-state index in [-0.39, 0.29) is 0 Å². The normalized spacial score (nSPS) is 12.6. The van der Waals surface area contributed by atoms with Crippen molar-refractivity contribution in [2.75, 3.05) is 5.32 Å². The van der Waals surface area contributed by atoms with Crippen LogP contribution in [0.15, 0.2) is 30.3 Å². The maximum absolute atomic E-state index is 9.75. The van der Waals surface area contributed by atoms with Crippen LogP contribution in [0.2, 0.25) is 0 Å². The molecular formula is C11H17NO2. The molecule has 0 aliphatic carbocycles. The van der Waals surface area contributed by atoms with E-state index in [0.717, 1.165) is 0 Å². The predicted octanol–water partition coefficient (Wildman–Crippen LogP) is 1.78. The molecule has 1 aromatic rings. The summed E-state index contributed by atoms with van der Waals surface area (Å²) in [5, 5.41) is 22.2. The van der Waals surface area contributed by atoms with Gasteiger partial charge in [0.15, 0.2) is 0 Å². The summed E-state index contributed by atoms with van der Waals surface area (Å²) in [7, 11) is 0. The zero-order valence-electron chi connectivity index (χ0n) is 8.78. The topological polar surface area (TPSA) is 52.5 Å². The highest BCUT2D eigenvalue weighted by Crippen LogP contribution is 2.28. The van der Waals surface area contributed by atoms with Crippen molar-refractivity contribution in [2.45, 2.75) is 26.7 Å². The van der Waals surface area contributed by atoms with Crippen LogP contribution in [-0.4, -0.2) is 16.1 Å². The Balaban J connectivity index is 2.79. The molecule has 0 aliphatic rings. The van der Waals surface area contributed by atoms with Gasteiger partial charge in [-0.05, 0) is 12.1 Å². The number of benzene rings is 1. The monoisotopic (exact) mass is 195 g/mol. The minimum Gasteiger partial charge on any atom is -0.349 e. The molecule has 3 heteroatoms. The lowest BCUT2D eigenvalue weighted by Gasteiger charge is -2.36. The first-order chi connectivity index (χ1) is 6.33. The Labute approximate surface area is 84.4 Å². The minimum absolute atomic E-state index is 0.650. The number of para-hydroxylation sites is 1. The van der Waals surface area contributed by atoms with E-state index in [1.165, 1.54) is 0 Å². The van der Waals surface area contributed by atoms with Crippen LogP contribution in [0.25, 0.3) is 0 Å². The van der Waals surface area contributed by atoms with Crippen LogP contribution in [0, 0.1) is 5.41 Å². The van der Waals surface area contributed by atoms with Gasteiger partial charge in [0.1, 0.15) is 0 Å². The van der Waals surface area contributed by atoms with Gasteiger partial charge in [-0.2, -0.15) is 0 Å². The quantitative estimate of drug-likeness (QED) is 0.630. The second-order valence-corrected chi connectivity index (χ2v) is 4.41. The summed E-state index contributed by atoms with van der Waals surface area (Å²) in [5.41, 5.74) is 0.0375. The Kier molecular flexibility index (Phi) is 2.83. The lowest BCUT2D eigenvalue weighted by molar-refractivity contribution is -0.204. The summed E-state index contributed by atoms with van der Waals surface area (Å²) < 4.78 is 0. The van der Waals surface area contributed by atoms with Gasteiger partial charge in [-0.3, -0.25) is 0 Å². The van der Waals surface area contributed by atoms with E-state index in [0.29, 0.717) is 5.69 Å². The van der Waals surface area contributed by atoms with Gasteiger partial charge in [0.25, 0.3) is 0 Å². The second-order valence-electron chi connectivity index (χ2n) is 4.41. The predicted molar refractivity (Wildman–Crippen MR) is 56.7 cm³/mol. The number of hydrogen-bond donors (Lipinski definition) is 3. The molecule has 3 N–H and O–H groups in total. The SMILES string of the molecule is CC(C)(C)C(O)(O)Nc1ccccc1. The first-order valence-electron chi connectivity index (χ1n) is 4.61. The molecule has 78 valence electrons. The van der Waals surface area contributed by atoms with Crippen molar-refractivity contribution in [2.24, 2.45) is 5.41 Å². The average molecular weight is 195 g/mol. The third-order valence-corrected chi connectivity index (χ3v) is 2.14. The van der Waals surface area contributed by atoms with E-state index in [9.17, 15) is 10.2 Å². The molecule has 1 aromatic carbocycles. The molecule has 0 amide bonds. The first-order valence-corrected chi connectivity index (χ1v) is 4.61. The minimum atomic E-state index is -1.91. The Morgan fingerprint density at radius 3 is 1.93 bits per heavy atom. The molecule has 0 bridgehead atoms. The highest BCUT2D eigenvalue weighted by molar-refractivity contribution is 5.43. The molecule has 1 rings (SSSR count). The molecule has 0 atom stereocenters. The van der Waals surface area contributed by atoms with Crippen molar-refractivity contribution in [1.29, 1.82) is 0 Å². The lowest BCUT2D eigenvalue weighted by Crippen LogP contribution is -2.49. The highest BCUT2D eigenvalue weighted by Gasteiger charge is 2.38. The maximum atomic E-state index is 9.75. The van der Waals surface area contributed by atoms with Crippen LogP contribution in [-0.2, 0) is 0 Å². The summed E-state index contributed by atoms with van der Waals surface area (Å²) in [4.78, 5) is 0. The molecule has 0 aliphatic heterocycles. The van der Waals surface area contributed by atoms with Crippen molar-refractivity contribution in [3.63, 3.8) is 0 Å². The molecule has 0 spiro atoms. The smallest absolute Gasteiger partial charge is 0.249 e. The Hall–Kier alpha value is -1.06. The van der Waals surface area contributed by atoms with Crippen molar-refractivity contribution in [3.05, 3.63) is 30.3 Å². The molecule has 0 saturated heterocycles. The number of rotatable bonds is 2. The van der Waals surface area contributed by atoms with Crippen molar-refractivity contribution in [1.82, 2.24) is 0 Å². The third-order valence-electron chi connectivity index (χ3n) is 2.14. The van der Waals surface area contributed by atoms with Crippen molar-refractivity contribution in [3.8, 4) is 0 Å². The molecule has 0 saturated carbocycles. The lowest BCUT2D eigenvalue weighted by atomic mass is 9.91. The van der Waals surface area contributed by atoms with E-state index < -0.39 is 11.3 Å². The number of aliphatic hydroxyl groups is 2. The zero-order chi connectivity index (χ0) is 10.8. The van der Waals surface area contributed by atoms with Gasteiger partial charge in [-0.15, -0.1) is 0 Å². The van der Waals surface area contributed by atoms with Gasteiger partial charge >= 0.3 is 0 Å². The summed E-state index contributed by atoms with van der Waals surface area (Å²) in [6.45, 7) is 5.26. The van der Waals surface area contributed by atoms with Crippen LogP contribution in [0.5, 0.6) is 0 Å². The van der Waals surface area contributed by atoms with Crippen LogP contribution in [0.4, 0.5) is 5.69 Å². The van der Waals surface area contributed by atoms with Gasteiger partial charge in [0, 0.05) is 11.1 Å². The molecule has 14 heavy (non-hydrogen) atoms. The fourth-order valence-corrected chi connectivity index (χ4v) is 0.910. The van der Waals surface area contributed by atoms with Gasteiger partial charge in [0.05, 0.1) is 0 Å². The van der Waals surface area contributed by atoms with Crippen molar-refractivity contribution >= 4 is 5.69 Å². The first kappa shape index (κ1) is 11.0. The molecule has 0 unspecified atom stereocenters. The van der Waals surface area contributed by atoms with E-state index in [4.69, 9.17) is 0 Å². The third kappa shape index (κ3) is 2.47. The standard InChI is InChI=1S/C11H17NO2/c1-10(2,3)11(13,14)12-9-7-5-4-6-8-9/h4-8,12-14H,1-3H3. The Morgan fingerprint density at radius 2 is 1.50 bits per heavy atom. The highest BCUT2D eigenvalue weighted by atomic mass is 16.5. The molecular weight excluding hydrogens is 178 g/mol. The van der Waals surface area contributed by atoms with E-state index in [1.807, 2.05) is 18.2 Å². The average Bonchev–Trinajstić information content (AvgIpc) is 2.03. The van der Waals surface area contributed by atoms with Crippen LogP contribution in [0.3, 0.4) is 0 Å². The number of nitrogens with one attached hydrogen (secondary N) is 1. The van der Waals surface area contributed by atoms with E-state index in [2.05, 4.69) is 5.32 Å². The fraction of sp³-hybridized carbons (Fsp3) is 0.455. The number of anilines is 1. The van der Waals surface area contributed by atoms with Gasteiger partial charge in [0.2, 0.25) is 5.91 Å². The Morgan fingerprint density at radius 1 is 1.00 bits per heavy atom. The molecule has 3 nitrogen and oxygen atoms in total. The summed E-state index contributed by atoms with van der Waals surface area (Å²) in [5.74, 6) is -1.91. The molecule has 0 aromatic heterocycles. The maximum Gasteiger partial charge on any atom is 0.249 e. The molecule has 0 fully saturated rings. The van der Waals surface area contributed by atoms with Crippen molar-refractivity contribution < 1.29 is 10.2 Å². The summed E-state index contributed by atoms with van der Waals surface area (Å²) >= 11 is 0. The number of hydrogen-bond acceptors (Lipinski definition) is 3. The molecule has 0 radical (unpaired) electrons. The molecule has 0 heterocycles. The van der Waals surface area contributed by atoms with E-state index >= 15 is 0 Å².